The molecule has 0 saturated carbocycles. The number of carbonyl (C=O) groups excluding carboxylic acids is 1. The maximum absolute atomic E-state index is 11.9. The lowest BCUT2D eigenvalue weighted by Gasteiger charge is -2.19. The number of benzene rings is 3. The van der Waals surface area contributed by atoms with Crippen LogP contribution in [0.5, 0.6) is 17.2 Å². The molecule has 0 atom stereocenters. The van der Waals surface area contributed by atoms with E-state index in [1.54, 1.807) is 48.5 Å². The molecule has 0 aliphatic heterocycles. The Balaban J connectivity index is 0.000000313. The van der Waals surface area contributed by atoms with Gasteiger partial charge in [-0.2, -0.15) is 0 Å². The molecule has 0 aliphatic rings. The summed E-state index contributed by atoms with van der Waals surface area (Å²) >= 11 is 0. The molecule has 0 amide bonds. The first kappa shape index (κ1) is 20.0. The monoisotopic (exact) mass is 364 g/mol. The molecule has 0 bridgehead atoms. The van der Waals surface area contributed by atoms with Crippen LogP contribution in [0.3, 0.4) is 0 Å². The highest BCUT2D eigenvalue weighted by atomic mass is 16.5. The van der Waals surface area contributed by atoms with Crippen molar-refractivity contribution in [1.82, 2.24) is 0 Å². The zero-order valence-electron chi connectivity index (χ0n) is 15.7. The summed E-state index contributed by atoms with van der Waals surface area (Å²) in [5.41, 5.74) is 1.38. The van der Waals surface area contributed by atoms with Gasteiger partial charge in [0.25, 0.3) is 0 Å². The first-order valence-electron chi connectivity index (χ1n) is 8.62. The third-order valence-corrected chi connectivity index (χ3v) is 3.81. The van der Waals surface area contributed by atoms with Gasteiger partial charge in [-0.1, -0.05) is 63.2 Å². The van der Waals surface area contributed by atoms with Crippen LogP contribution in [0.15, 0.2) is 78.9 Å². The maximum atomic E-state index is 11.9. The summed E-state index contributed by atoms with van der Waals surface area (Å²) in [6.45, 7) is 6.36. The lowest BCUT2D eigenvalue weighted by Crippen LogP contribution is -2.11. The molecule has 140 valence electrons. The summed E-state index contributed by atoms with van der Waals surface area (Å²) in [7, 11) is 0. The van der Waals surface area contributed by atoms with Crippen molar-refractivity contribution >= 4 is 5.97 Å². The molecule has 0 heterocycles. The van der Waals surface area contributed by atoms with E-state index in [9.17, 15) is 9.90 Å². The van der Waals surface area contributed by atoms with Gasteiger partial charge in [-0.15, -0.1) is 0 Å². The number of phenols is 2. The summed E-state index contributed by atoms with van der Waals surface area (Å²) in [4.78, 5) is 11.9. The van der Waals surface area contributed by atoms with Crippen LogP contribution in [-0.2, 0) is 5.41 Å². The second-order valence-corrected chi connectivity index (χ2v) is 7.02. The van der Waals surface area contributed by atoms with E-state index in [4.69, 9.17) is 9.84 Å². The molecular formula is C23H24O4. The molecule has 2 N–H and O–H groups in total. The van der Waals surface area contributed by atoms with Crippen LogP contribution in [0.4, 0.5) is 0 Å². The largest absolute Gasteiger partial charge is 0.508 e. The number of hydrogen-bond donors (Lipinski definition) is 2. The summed E-state index contributed by atoms with van der Waals surface area (Å²) < 4.78 is 5.25. The molecule has 4 nitrogen and oxygen atoms in total. The van der Waals surface area contributed by atoms with Crippen molar-refractivity contribution < 1.29 is 19.7 Å². The molecule has 0 aliphatic carbocycles. The van der Waals surface area contributed by atoms with Crippen LogP contribution in [0, 0.1) is 0 Å². The lowest BCUT2D eigenvalue weighted by molar-refractivity contribution is 0.0731. The van der Waals surface area contributed by atoms with E-state index in [1.807, 2.05) is 18.2 Å². The topological polar surface area (TPSA) is 66.8 Å². The number of rotatable bonds is 2. The van der Waals surface area contributed by atoms with Crippen LogP contribution < -0.4 is 4.74 Å². The van der Waals surface area contributed by atoms with Gasteiger partial charge in [0.15, 0.2) is 0 Å². The second-order valence-electron chi connectivity index (χ2n) is 7.02. The summed E-state index contributed by atoms with van der Waals surface area (Å²) in [5, 5.41) is 18.2. The van der Waals surface area contributed by atoms with Gasteiger partial charge in [0.1, 0.15) is 22.8 Å². The average molecular weight is 364 g/mol. The van der Waals surface area contributed by atoms with Crippen molar-refractivity contribution in [2.24, 2.45) is 0 Å². The van der Waals surface area contributed by atoms with Crippen LogP contribution in [0.2, 0.25) is 0 Å². The molecule has 0 aromatic heterocycles. The van der Waals surface area contributed by atoms with E-state index < -0.39 is 5.97 Å². The van der Waals surface area contributed by atoms with E-state index in [2.05, 4.69) is 20.8 Å². The Bertz CT molecular complexity index is 863. The number of hydrogen-bond acceptors (Lipinski definition) is 4. The Hall–Kier alpha value is -3.27. The van der Waals surface area contributed by atoms with E-state index in [0.717, 1.165) is 0 Å². The predicted octanol–water partition coefficient (Wildman–Crippen LogP) is 5.30. The zero-order chi connectivity index (χ0) is 19.9. The van der Waals surface area contributed by atoms with Crippen LogP contribution in [0.25, 0.3) is 0 Å². The van der Waals surface area contributed by atoms with Gasteiger partial charge in [0, 0.05) is 0 Å². The Kier molecular flexibility index (Phi) is 6.61. The standard InChI is InChI=1S/C17H18O3.C6H6O/c1-17(2,3)12-8-10-13(11-9-12)20-16(19)14-6-4-5-7-15(14)18;7-6-4-2-1-3-5-6/h4-11,18H,1-3H3;1-5,7H. The molecule has 0 spiro atoms. The molecule has 3 aromatic rings. The van der Waals surface area contributed by atoms with Gasteiger partial charge >= 0.3 is 5.97 Å². The highest BCUT2D eigenvalue weighted by Gasteiger charge is 2.15. The van der Waals surface area contributed by atoms with E-state index >= 15 is 0 Å². The van der Waals surface area contributed by atoms with Crippen LogP contribution >= 0.6 is 0 Å². The van der Waals surface area contributed by atoms with Crippen LogP contribution in [0.1, 0.15) is 36.7 Å². The Labute approximate surface area is 159 Å². The zero-order valence-corrected chi connectivity index (χ0v) is 15.7. The second kappa shape index (κ2) is 8.90. The van der Waals surface area contributed by atoms with Crippen molar-refractivity contribution in [3.8, 4) is 17.2 Å². The molecule has 0 unspecified atom stereocenters. The van der Waals surface area contributed by atoms with E-state index in [0.29, 0.717) is 11.5 Å². The van der Waals surface area contributed by atoms with Crippen molar-refractivity contribution in [2.75, 3.05) is 0 Å². The van der Waals surface area contributed by atoms with Crippen molar-refractivity contribution in [3.63, 3.8) is 0 Å². The van der Waals surface area contributed by atoms with Gasteiger partial charge in [-0.25, -0.2) is 4.79 Å². The highest BCUT2D eigenvalue weighted by molar-refractivity contribution is 5.93. The number of ether oxygens (including phenoxy) is 1. The number of carbonyl (C=O) groups is 1. The third-order valence-electron chi connectivity index (χ3n) is 3.81. The van der Waals surface area contributed by atoms with Crippen molar-refractivity contribution in [1.29, 1.82) is 0 Å². The average Bonchev–Trinajstić information content (AvgIpc) is 2.63. The summed E-state index contributed by atoms with van der Waals surface area (Å²) in [5.74, 6) is 0.143. The molecule has 3 rings (SSSR count). The van der Waals surface area contributed by atoms with Gasteiger partial charge < -0.3 is 14.9 Å². The first-order chi connectivity index (χ1) is 12.8. The molecule has 0 saturated heterocycles. The molecular weight excluding hydrogens is 340 g/mol. The fourth-order valence-electron chi connectivity index (χ4n) is 2.26. The van der Waals surface area contributed by atoms with Crippen molar-refractivity contribution in [2.45, 2.75) is 26.2 Å². The fourth-order valence-corrected chi connectivity index (χ4v) is 2.26. The third kappa shape index (κ3) is 6.19. The van der Waals surface area contributed by atoms with Gasteiger partial charge in [-0.3, -0.25) is 0 Å². The number of phenolic OH excluding ortho intramolecular Hbond substituents is 2. The Morgan fingerprint density at radius 3 is 1.81 bits per heavy atom. The summed E-state index contributed by atoms with van der Waals surface area (Å²) in [6.07, 6.45) is 0. The number of para-hydroxylation sites is 2. The minimum absolute atomic E-state index is 0.0558. The quantitative estimate of drug-likeness (QED) is 0.478. The smallest absolute Gasteiger partial charge is 0.347 e. The van der Waals surface area contributed by atoms with Gasteiger partial charge in [-0.05, 0) is 47.4 Å². The minimum Gasteiger partial charge on any atom is -0.508 e. The van der Waals surface area contributed by atoms with Crippen LogP contribution in [-0.4, -0.2) is 16.2 Å². The Morgan fingerprint density at radius 2 is 1.33 bits per heavy atom. The van der Waals surface area contributed by atoms with Crippen molar-refractivity contribution in [3.05, 3.63) is 90.0 Å². The first-order valence-corrected chi connectivity index (χ1v) is 8.62. The summed E-state index contributed by atoms with van der Waals surface area (Å²) in [6, 6.07) is 22.4. The highest BCUT2D eigenvalue weighted by Crippen LogP contribution is 2.25. The number of esters is 1. The lowest BCUT2D eigenvalue weighted by atomic mass is 9.87. The maximum Gasteiger partial charge on any atom is 0.347 e. The molecule has 0 fully saturated rings. The van der Waals surface area contributed by atoms with Gasteiger partial charge in [0.2, 0.25) is 0 Å². The Morgan fingerprint density at radius 1 is 0.778 bits per heavy atom. The van der Waals surface area contributed by atoms with E-state index in [-0.39, 0.29) is 16.7 Å². The van der Waals surface area contributed by atoms with Gasteiger partial charge in [0.05, 0.1) is 0 Å². The minimum atomic E-state index is -0.563. The molecule has 27 heavy (non-hydrogen) atoms. The predicted molar refractivity (Wildman–Crippen MR) is 106 cm³/mol. The number of aromatic hydroxyl groups is 2. The fraction of sp³-hybridized carbons (Fsp3) is 0.174. The normalized spacial score (nSPS) is 10.5. The molecule has 0 radical (unpaired) electrons. The van der Waals surface area contributed by atoms with E-state index in [1.165, 1.54) is 17.7 Å². The molecule has 4 heteroatoms. The SMILES string of the molecule is CC(C)(C)c1ccc(OC(=O)c2ccccc2O)cc1.Oc1ccccc1. The molecule has 3 aromatic carbocycles.